The lowest BCUT2D eigenvalue weighted by Gasteiger charge is -2.28. The lowest BCUT2D eigenvalue weighted by molar-refractivity contribution is -0.122. The van der Waals surface area contributed by atoms with Gasteiger partial charge in [-0.25, -0.2) is 9.69 Å². The first-order valence-corrected chi connectivity index (χ1v) is 9.66. The van der Waals surface area contributed by atoms with Crippen molar-refractivity contribution in [3.63, 3.8) is 0 Å². The molecule has 8 heteroatoms. The number of carbonyl (C=O) groups excluding carboxylic acids is 3. The maximum absolute atomic E-state index is 13.1. The maximum Gasteiger partial charge on any atom is 0.335 e. The quantitative estimate of drug-likeness (QED) is 0.535. The molecule has 1 saturated heterocycles. The molecular formula is C21H19BrN2O5. The summed E-state index contributed by atoms with van der Waals surface area (Å²) in [6.07, 6.45) is 1.36. The summed E-state index contributed by atoms with van der Waals surface area (Å²) in [5.74, 6) is -1.39. The lowest BCUT2D eigenvalue weighted by atomic mass is 10.0. The summed E-state index contributed by atoms with van der Waals surface area (Å²) in [6.45, 7) is 5.77. The number of anilines is 1. The molecule has 1 fully saturated rings. The second-order valence-corrected chi connectivity index (χ2v) is 7.31. The van der Waals surface area contributed by atoms with Gasteiger partial charge < -0.3 is 9.84 Å². The van der Waals surface area contributed by atoms with E-state index in [1.54, 1.807) is 32.0 Å². The van der Waals surface area contributed by atoms with Gasteiger partial charge in [0.25, 0.3) is 11.8 Å². The number of barbiturate groups is 1. The number of imide groups is 2. The van der Waals surface area contributed by atoms with E-state index in [2.05, 4.69) is 21.2 Å². The first-order chi connectivity index (χ1) is 13.7. The number of aromatic hydroxyl groups is 1. The number of amides is 4. The smallest absolute Gasteiger partial charge is 0.335 e. The average Bonchev–Trinajstić information content (AvgIpc) is 2.66. The van der Waals surface area contributed by atoms with Crippen molar-refractivity contribution in [1.29, 1.82) is 0 Å². The minimum absolute atomic E-state index is 0.0828. The number of nitrogens with zero attached hydrogens (tertiary/aromatic N) is 1. The zero-order valence-corrected chi connectivity index (χ0v) is 17.7. The van der Waals surface area contributed by atoms with Gasteiger partial charge in [-0.2, -0.15) is 0 Å². The molecule has 2 N–H and O–H groups in total. The van der Waals surface area contributed by atoms with Gasteiger partial charge in [0.1, 0.15) is 5.57 Å². The number of phenols is 1. The minimum Gasteiger partial charge on any atom is -0.503 e. The van der Waals surface area contributed by atoms with E-state index >= 15 is 0 Å². The monoisotopic (exact) mass is 458 g/mol. The summed E-state index contributed by atoms with van der Waals surface area (Å²) in [4.78, 5) is 38.8. The van der Waals surface area contributed by atoms with Crippen molar-refractivity contribution in [2.45, 2.75) is 20.8 Å². The van der Waals surface area contributed by atoms with E-state index in [0.29, 0.717) is 22.3 Å². The predicted octanol–water partition coefficient (Wildman–Crippen LogP) is 3.84. The van der Waals surface area contributed by atoms with Gasteiger partial charge >= 0.3 is 6.03 Å². The summed E-state index contributed by atoms with van der Waals surface area (Å²) in [5, 5.41) is 12.3. The third-order valence-corrected chi connectivity index (χ3v) is 5.18. The zero-order valence-electron chi connectivity index (χ0n) is 16.1. The van der Waals surface area contributed by atoms with E-state index in [1.807, 2.05) is 13.0 Å². The number of urea groups is 1. The normalized spacial score (nSPS) is 15.7. The number of hydrogen-bond donors (Lipinski definition) is 2. The minimum atomic E-state index is -0.798. The Morgan fingerprint density at radius 1 is 1.21 bits per heavy atom. The summed E-state index contributed by atoms with van der Waals surface area (Å²) < 4.78 is 5.73. The summed E-state index contributed by atoms with van der Waals surface area (Å²) in [6, 6.07) is 7.52. The molecule has 150 valence electrons. The van der Waals surface area contributed by atoms with Crippen LogP contribution in [0.4, 0.5) is 10.5 Å². The van der Waals surface area contributed by atoms with Crippen molar-refractivity contribution in [1.82, 2.24) is 5.32 Å². The van der Waals surface area contributed by atoms with Crippen LogP contribution in [-0.4, -0.2) is 29.6 Å². The first kappa shape index (κ1) is 20.6. The van der Waals surface area contributed by atoms with E-state index in [4.69, 9.17) is 4.74 Å². The number of rotatable bonds is 4. The number of nitrogens with one attached hydrogen (secondary N) is 1. The number of ether oxygens (including phenoxy) is 1. The molecule has 0 aromatic heterocycles. The lowest BCUT2D eigenvalue weighted by Crippen LogP contribution is -2.54. The van der Waals surface area contributed by atoms with Crippen molar-refractivity contribution in [3.05, 3.63) is 57.1 Å². The number of carbonyl (C=O) groups is 3. The fourth-order valence-corrected chi connectivity index (χ4v) is 3.42. The average molecular weight is 459 g/mol. The van der Waals surface area contributed by atoms with Crippen LogP contribution in [0.1, 0.15) is 23.6 Å². The molecular weight excluding hydrogens is 440 g/mol. The Kier molecular flexibility index (Phi) is 5.74. The highest BCUT2D eigenvalue weighted by atomic mass is 79.9. The molecule has 0 atom stereocenters. The van der Waals surface area contributed by atoms with Crippen LogP contribution >= 0.6 is 15.9 Å². The molecule has 1 heterocycles. The summed E-state index contributed by atoms with van der Waals surface area (Å²) >= 11 is 3.23. The van der Waals surface area contributed by atoms with E-state index in [-0.39, 0.29) is 17.1 Å². The molecule has 3 rings (SSSR count). The van der Waals surface area contributed by atoms with Crippen molar-refractivity contribution in [3.8, 4) is 11.5 Å². The summed E-state index contributed by atoms with van der Waals surface area (Å²) in [7, 11) is 0. The standard InChI is InChI=1S/C21H19BrN2O5/c1-4-29-17-10-13(9-15(22)18(17)25)8-14-19(26)23-21(28)24(20(14)27)16-7-5-6-11(2)12(16)3/h5-10,25H,4H2,1-3H3,(H,23,26,28)/b14-8+. The molecule has 0 radical (unpaired) electrons. The Morgan fingerprint density at radius 3 is 2.62 bits per heavy atom. The van der Waals surface area contributed by atoms with Crippen LogP contribution in [-0.2, 0) is 9.59 Å². The number of benzene rings is 2. The number of phenolic OH excluding ortho intramolecular Hbond substituents is 1. The molecule has 1 aliphatic rings. The van der Waals surface area contributed by atoms with Crippen LogP contribution in [0.2, 0.25) is 0 Å². The van der Waals surface area contributed by atoms with Crippen LogP contribution < -0.4 is 15.0 Å². The predicted molar refractivity (Wildman–Crippen MR) is 112 cm³/mol. The molecule has 2 aromatic carbocycles. The molecule has 0 unspecified atom stereocenters. The highest BCUT2D eigenvalue weighted by Gasteiger charge is 2.37. The fraction of sp³-hybridized carbons (Fsp3) is 0.190. The molecule has 7 nitrogen and oxygen atoms in total. The second kappa shape index (κ2) is 8.08. The van der Waals surface area contributed by atoms with Gasteiger partial charge in [-0.05, 0) is 77.7 Å². The third-order valence-electron chi connectivity index (χ3n) is 4.58. The Labute approximate surface area is 176 Å². The van der Waals surface area contributed by atoms with Crippen LogP contribution in [0, 0.1) is 13.8 Å². The molecule has 1 aliphatic heterocycles. The SMILES string of the molecule is CCOc1cc(/C=C2\C(=O)NC(=O)N(c3cccc(C)c3C)C2=O)cc(Br)c1O. The molecule has 29 heavy (non-hydrogen) atoms. The summed E-state index contributed by atoms with van der Waals surface area (Å²) in [5.41, 5.74) is 2.33. The first-order valence-electron chi connectivity index (χ1n) is 8.87. The van der Waals surface area contributed by atoms with Gasteiger partial charge in [-0.3, -0.25) is 14.9 Å². The van der Waals surface area contributed by atoms with Gasteiger partial charge in [0.15, 0.2) is 11.5 Å². The highest BCUT2D eigenvalue weighted by molar-refractivity contribution is 9.10. The molecule has 0 saturated carbocycles. The van der Waals surface area contributed by atoms with E-state index in [0.717, 1.165) is 16.0 Å². The van der Waals surface area contributed by atoms with Crippen LogP contribution in [0.3, 0.4) is 0 Å². The Hall–Kier alpha value is -3.13. The van der Waals surface area contributed by atoms with Gasteiger partial charge in [0.05, 0.1) is 16.8 Å². The van der Waals surface area contributed by atoms with Crippen molar-refractivity contribution < 1.29 is 24.2 Å². The van der Waals surface area contributed by atoms with Crippen molar-refractivity contribution >= 4 is 45.5 Å². The van der Waals surface area contributed by atoms with Gasteiger partial charge in [0, 0.05) is 0 Å². The molecule has 0 bridgehead atoms. The topological polar surface area (TPSA) is 95.9 Å². The highest BCUT2D eigenvalue weighted by Crippen LogP contribution is 2.36. The Bertz CT molecular complexity index is 1060. The van der Waals surface area contributed by atoms with Gasteiger partial charge in [0.2, 0.25) is 0 Å². The van der Waals surface area contributed by atoms with Crippen LogP contribution in [0.25, 0.3) is 6.08 Å². The van der Waals surface area contributed by atoms with Gasteiger partial charge in [-0.15, -0.1) is 0 Å². The van der Waals surface area contributed by atoms with Crippen molar-refractivity contribution in [2.24, 2.45) is 0 Å². The number of halogens is 1. The Morgan fingerprint density at radius 2 is 1.93 bits per heavy atom. The van der Waals surface area contributed by atoms with Crippen molar-refractivity contribution in [2.75, 3.05) is 11.5 Å². The maximum atomic E-state index is 13.1. The Balaban J connectivity index is 2.08. The zero-order chi connectivity index (χ0) is 21.3. The molecule has 0 aliphatic carbocycles. The number of aryl methyl sites for hydroxylation is 1. The van der Waals surface area contributed by atoms with Crippen LogP contribution in [0.5, 0.6) is 11.5 Å². The third kappa shape index (κ3) is 3.88. The molecule has 0 spiro atoms. The number of hydrogen-bond acceptors (Lipinski definition) is 5. The van der Waals surface area contributed by atoms with E-state index in [9.17, 15) is 19.5 Å². The molecule has 4 amide bonds. The van der Waals surface area contributed by atoms with E-state index in [1.165, 1.54) is 12.1 Å². The van der Waals surface area contributed by atoms with E-state index < -0.39 is 17.8 Å². The van der Waals surface area contributed by atoms with Crippen LogP contribution in [0.15, 0.2) is 40.4 Å². The molecule has 2 aromatic rings. The second-order valence-electron chi connectivity index (χ2n) is 6.46. The largest absolute Gasteiger partial charge is 0.503 e. The fourth-order valence-electron chi connectivity index (χ4n) is 2.96. The van der Waals surface area contributed by atoms with Gasteiger partial charge in [-0.1, -0.05) is 12.1 Å².